The third-order valence-electron chi connectivity index (χ3n) is 9.99. The summed E-state index contributed by atoms with van der Waals surface area (Å²) in [5, 5.41) is 15.0. The maximum Gasteiger partial charge on any atom is 0.319 e. The van der Waals surface area contributed by atoms with Crippen LogP contribution in [0.3, 0.4) is 0 Å². The van der Waals surface area contributed by atoms with Gasteiger partial charge in [-0.1, -0.05) is 11.6 Å². The van der Waals surface area contributed by atoms with E-state index in [-0.39, 0.29) is 28.8 Å². The first kappa shape index (κ1) is 25.9. The Kier molecular flexibility index (Phi) is 5.93. The molecule has 5 aliphatic rings. The van der Waals surface area contributed by atoms with Crippen LogP contribution in [-0.2, 0) is 0 Å². The van der Waals surface area contributed by atoms with Crippen molar-refractivity contribution in [2.45, 2.75) is 68.1 Å². The maximum absolute atomic E-state index is 16.0. The summed E-state index contributed by atoms with van der Waals surface area (Å²) in [5.41, 5.74) is 2.04. The first-order chi connectivity index (χ1) is 19.8. The Balaban J connectivity index is 1.25. The zero-order valence-corrected chi connectivity index (χ0v) is 23.7. The number of alkyl halides is 1. The van der Waals surface area contributed by atoms with Gasteiger partial charge in [0.15, 0.2) is 0 Å². The number of ether oxygens (including phenoxy) is 1. The number of aromatic nitrogens is 2. The topological polar surface area (TPSA) is 73.8 Å². The molecule has 2 N–H and O–H groups in total. The van der Waals surface area contributed by atoms with Crippen molar-refractivity contribution in [3.8, 4) is 22.9 Å². The van der Waals surface area contributed by atoms with Crippen LogP contribution < -0.4 is 15.0 Å². The van der Waals surface area contributed by atoms with Crippen molar-refractivity contribution >= 4 is 28.3 Å². The van der Waals surface area contributed by atoms with E-state index in [1.807, 2.05) is 0 Å². The summed E-state index contributed by atoms with van der Waals surface area (Å²) in [5.74, 6) is 0.533. The van der Waals surface area contributed by atoms with Gasteiger partial charge in [-0.2, -0.15) is 9.97 Å². The Hall–Kier alpha value is -2.75. The lowest BCUT2D eigenvalue weighted by Crippen LogP contribution is -2.53. The molecule has 7 nitrogen and oxygen atoms in total. The van der Waals surface area contributed by atoms with Gasteiger partial charge in [0, 0.05) is 48.6 Å². The molecular formula is C31H34ClF2N5O2. The number of hydrogen-bond acceptors (Lipinski definition) is 7. The molecule has 0 amide bonds. The highest BCUT2D eigenvalue weighted by Crippen LogP contribution is 2.50. The molecule has 2 saturated carbocycles. The Morgan fingerprint density at radius 1 is 1.10 bits per heavy atom. The summed E-state index contributed by atoms with van der Waals surface area (Å²) < 4.78 is 36.8. The van der Waals surface area contributed by atoms with Gasteiger partial charge in [0.2, 0.25) is 0 Å². The van der Waals surface area contributed by atoms with Crippen LogP contribution in [0.4, 0.5) is 14.6 Å². The molecule has 3 aliphatic heterocycles. The minimum Gasteiger partial charge on any atom is -0.508 e. The number of piperazine rings is 1. The second-order valence-corrected chi connectivity index (χ2v) is 13.2. The van der Waals surface area contributed by atoms with Crippen molar-refractivity contribution < 1.29 is 18.6 Å². The van der Waals surface area contributed by atoms with Crippen LogP contribution in [-0.4, -0.2) is 76.6 Å². The van der Waals surface area contributed by atoms with Crippen LogP contribution in [0, 0.1) is 5.82 Å². The lowest BCUT2D eigenvalue weighted by atomic mass is 9.94. The molecule has 10 heteroatoms. The molecular weight excluding hydrogens is 548 g/mol. The van der Waals surface area contributed by atoms with Crippen LogP contribution in [0.15, 0.2) is 24.3 Å². The largest absolute Gasteiger partial charge is 0.508 e. The maximum atomic E-state index is 16.0. The predicted octanol–water partition coefficient (Wildman–Crippen LogP) is 5.57. The average molecular weight is 582 g/mol. The fourth-order valence-corrected chi connectivity index (χ4v) is 7.98. The van der Waals surface area contributed by atoms with Crippen molar-refractivity contribution in [2.24, 2.45) is 0 Å². The molecule has 0 radical (unpaired) electrons. The number of rotatable bonds is 6. The van der Waals surface area contributed by atoms with Crippen LogP contribution >= 0.6 is 11.6 Å². The summed E-state index contributed by atoms with van der Waals surface area (Å²) in [7, 11) is 0. The molecule has 1 aromatic heterocycles. The Morgan fingerprint density at radius 3 is 2.76 bits per heavy atom. The highest BCUT2D eigenvalue weighted by Gasteiger charge is 2.51. The van der Waals surface area contributed by atoms with E-state index >= 15 is 4.39 Å². The van der Waals surface area contributed by atoms with Gasteiger partial charge in [-0.05, 0) is 86.4 Å². The number of aromatic hydroxyl groups is 1. The van der Waals surface area contributed by atoms with Gasteiger partial charge in [0.25, 0.3) is 0 Å². The second-order valence-electron chi connectivity index (χ2n) is 12.8. The molecule has 4 heterocycles. The molecule has 216 valence electrons. The van der Waals surface area contributed by atoms with Gasteiger partial charge >= 0.3 is 6.01 Å². The highest BCUT2D eigenvalue weighted by molar-refractivity contribution is 6.32. The van der Waals surface area contributed by atoms with Crippen molar-refractivity contribution in [2.75, 3.05) is 44.2 Å². The molecule has 1 spiro atoms. The minimum atomic E-state index is -0.845. The number of phenols is 1. The molecule has 3 aromatic rings. The van der Waals surface area contributed by atoms with Gasteiger partial charge in [0.05, 0.1) is 16.6 Å². The molecule has 0 bridgehead atoms. The number of phenolic OH excluding ortho intramolecular Hbond substituents is 1. The normalized spacial score (nSPS) is 27.1. The first-order valence-electron chi connectivity index (χ1n) is 14.9. The molecule has 0 unspecified atom stereocenters. The minimum absolute atomic E-state index is 0.000826. The molecule has 2 aliphatic carbocycles. The number of nitrogens with zero attached hydrogens (tertiary/aromatic N) is 4. The van der Waals surface area contributed by atoms with E-state index < -0.39 is 12.0 Å². The highest BCUT2D eigenvalue weighted by atomic mass is 35.5. The van der Waals surface area contributed by atoms with Gasteiger partial charge < -0.3 is 20.1 Å². The first-order valence-corrected chi connectivity index (χ1v) is 15.3. The van der Waals surface area contributed by atoms with Gasteiger partial charge in [-0.25, -0.2) is 8.78 Å². The second kappa shape index (κ2) is 9.38. The lowest BCUT2D eigenvalue weighted by molar-refractivity contribution is 0.107. The van der Waals surface area contributed by atoms with Crippen LogP contribution in [0.25, 0.3) is 22.0 Å². The lowest BCUT2D eigenvalue weighted by Gasteiger charge is -2.38. The van der Waals surface area contributed by atoms with Crippen molar-refractivity contribution in [1.82, 2.24) is 20.2 Å². The van der Waals surface area contributed by atoms with Gasteiger partial charge in [0.1, 0.15) is 30.2 Å². The third kappa shape index (κ3) is 4.34. The van der Waals surface area contributed by atoms with Gasteiger partial charge in [-0.15, -0.1) is 0 Å². The fourth-order valence-electron chi connectivity index (χ4n) is 7.62. The van der Waals surface area contributed by atoms with Crippen LogP contribution in [0.2, 0.25) is 5.02 Å². The summed E-state index contributed by atoms with van der Waals surface area (Å²) >= 11 is 6.57. The number of nitrogens with one attached hydrogen (secondary N) is 1. The zero-order valence-electron chi connectivity index (χ0n) is 22.9. The quantitative estimate of drug-likeness (QED) is 0.394. The molecule has 3 saturated heterocycles. The van der Waals surface area contributed by atoms with Crippen molar-refractivity contribution in [3.05, 3.63) is 40.7 Å². The number of fused-ring (bicyclic) bond motifs is 2. The SMILES string of the molecule is Oc1cc(Cl)c(C2CC2)c(-c2cc3nc(OC[C@@]45CCCN4C[C@H](F)C5)nc(N4CCNCC45CC5)c3cc2F)c1. The standard InChI is InChI=1S/C31H34ClF2N5O2/c32-24-11-20(40)10-22(27(24)18-2-3-18)21-13-26-23(12-25(21)34)28(39-9-7-35-16-30(39)5-6-30)37-29(36-26)41-17-31-4-1-8-38(31)15-19(33)14-31/h10-13,18-19,35,40H,1-9,14-17H2/t19-,31+/m1/s1. The smallest absolute Gasteiger partial charge is 0.319 e. The summed E-state index contributed by atoms with van der Waals surface area (Å²) in [6.07, 6.45) is 5.61. The Bertz CT molecular complexity index is 1550. The van der Waals surface area contributed by atoms with E-state index in [0.29, 0.717) is 52.4 Å². The molecule has 41 heavy (non-hydrogen) atoms. The van der Waals surface area contributed by atoms with E-state index in [1.54, 1.807) is 12.1 Å². The van der Waals surface area contributed by atoms with Crippen molar-refractivity contribution in [3.63, 3.8) is 0 Å². The molecule has 2 atom stereocenters. The average Bonchev–Trinajstić information content (AvgIpc) is 3.85. The van der Waals surface area contributed by atoms with Crippen LogP contribution in [0.1, 0.15) is 56.4 Å². The van der Waals surface area contributed by atoms with E-state index in [1.165, 1.54) is 12.1 Å². The molecule has 8 rings (SSSR count). The molecule has 5 fully saturated rings. The van der Waals surface area contributed by atoms with E-state index in [4.69, 9.17) is 26.3 Å². The fraction of sp³-hybridized carbons (Fsp3) is 0.548. The summed E-state index contributed by atoms with van der Waals surface area (Å²) in [4.78, 5) is 14.2. The Labute approximate surface area is 242 Å². The van der Waals surface area contributed by atoms with Gasteiger partial charge in [-0.3, -0.25) is 4.90 Å². The predicted molar refractivity (Wildman–Crippen MR) is 154 cm³/mol. The monoisotopic (exact) mass is 581 g/mol. The number of benzene rings is 2. The summed E-state index contributed by atoms with van der Waals surface area (Å²) in [6, 6.07) is 6.63. The van der Waals surface area contributed by atoms with E-state index in [0.717, 1.165) is 70.3 Å². The zero-order chi connectivity index (χ0) is 27.9. The van der Waals surface area contributed by atoms with E-state index in [9.17, 15) is 9.50 Å². The number of halogens is 3. The number of hydrogen-bond donors (Lipinski definition) is 2. The third-order valence-corrected chi connectivity index (χ3v) is 10.3. The van der Waals surface area contributed by atoms with E-state index in [2.05, 4.69) is 15.1 Å². The van der Waals surface area contributed by atoms with Crippen LogP contribution in [0.5, 0.6) is 11.8 Å². The number of anilines is 1. The van der Waals surface area contributed by atoms with Crippen molar-refractivity contribution in [1.29, 1.82) is 0 Å². The Morgan fingerprint density at radius 2 is 1.95 bits per heavy atom. The summed E-state index contributed by atoms with van der Waals surface area (Å²) in [6.45, 7) is 4.09. The molecule has 2 aromatic carbocycles.